The van der Waals surface area contributed by atoms with Crippen LogP contribution in [0.4, 0.5) is 22.1 Å². The normalized spacial score (nSPS) is 13.3. The van der Waals surface area contributed by atoms with Crippen molar-refractivity contribution in [3.63, 3.8) is 0 Å². The van der Waals surface area contributed by atoms with Crippen molar-refractivity contribution >= 4 is 45.3 Å². The molecule has 0 saturated carbocycles. The molecule has 0 fully saturated rings. The third-order valence-electron chi connectivity index (χ3n) is 3.87. The fraction of sp³-hybridized carbons (Fsp3) is 0.389. The molecule has 1 aromatic heterocycles. The Hall–Kier alpha value is -2.55. The first-order chi connectivity index (χ1) is 12.7. The van der Waals surface area contributed by atoms with Gasteiger partial charge in [0, 0.05) is 29.8 Å². The smallest absolute Gasteiger partial charge is 0.338 e. The van der Waals surface area contributed by atoms with Crippen molar-refractivity contribution in [2.24, 2.45) is 0 Å². The van der Waals surface area contributed by atoms with Gasteiger partial charge >= 0.3 is 12.0 Å². The number of carbonyl (C=O) groups excluding carboxylic acids is 2. The van der Waals surface area contributed by atoms with Gasteiger partial charge in [-0.25, -0.2) is 14.3 Å². The number of carbonyl (C=O) groups is 2. The molecular weight excluding hydrogens is 414 g/mol. The van der Waals surface area contributed by atoms with E-state index in [0.717, 1.165) is 16.0 Å². The van der Waals surface area contributed by atoms with E-state index in [1.807, 2.05) is 36.4 Å². The standard InChI is InChI=1S/C18H22BrN5O3/c1-18(2,3)27-16(25)11-7-12(19)9-13(8-11)23-5-6-24-15(23)10-14(22-24)21-17(26)20-4/h7-10H,5-6H2,1-4H3,(H2,20,21,22,26). The maximum atomic E-state index is 12.5. The minimum atomic E-state index is -0.563. The number of nitrogens with one attached hydrogen (secondary N) is 2. The molecule has 9 heteroatoms. The fourth-order valence-corrected chi connectivity index (χ4v) is 3.27. The minimum absolute atomic E-state index is 0.326. The number of amides is 2. The third kappa shape index (κ3) is 4.41. The maximum absolute atomic E-state index is 12.5. The van der Waals surface area contributed by atoms with Crippen molar-refractivity contribution in [2.75, 3.05) is 23.8 Å². The molecule has 144 valence electrons. The number of ether oxygens (including phenoxy) is 1. The molecule has 0 bridgehead atoms. The van der Waals surface area contributed by atoms with Gasteiger partial charge in [0.05, 0.1) is 12.1 Å². The number of benzene rings is 1. The van der Waals surface area contributed by atoms with E-state index < -0.39 is 5.60 Å². The quantitative estimate of drug-likeness (QED) is 0.720. The van der Waals surface area contributed by atoms with Gasteiger partial charge in [-0.1, -0.05) is 15.9 Å². The largest absolute Gasteiger partial charge is 0.456 e. The average Bonchev–Trinajstić information content (AvgIpc) is 3.12. The molecule has 1 aliphatic heterocycles. The van der Waals surface area contributed by atoms with E-state index in [1.54, 1.807) is 25.2 Å². The van der Waals surface area contributed by atoms with Gasteiger partial charge in [-0.3, -0.25) is 5.32 Å². The number of hydrogen-bond donors (Lipinski definition) is 2. The number of fused-ring (bicyclic) bond motifs is 1. The Morgan fingerprint density at radius 2 is 1.93 bits per heavy atom. The second kappa shape index (κ2) is 7.22. The fourth-order valence-electron chi connectivity index (χ4n) is 2.78. The van der Waals surface area contributed by atoms with Crippen LogP contribution in [0.15, 0.2) is 28.7 Å². The molecule has 1 aromatic carbocycles. The van der Waals surface area contributed by atoms with Gasteiger partial charge in [0.2, 0.25) is 0 Å². The monoisotopic (exact) mass is 435 g/mol. The molecule has 27 heavy (non-hydrogen) atoms. The lowest BCUT2D eigenvalue weighted by atomic mass is 10.1. The topological polar surface area (TPSA) is 88.5 Å². The summed E-state index contributed by atoms with van der Waals surface area (Å²) in [7, 11) is 1.55. The molecule has 2 amide bonds. The Morgan fingerprint density at radius 3 is 2.59 bits per heavy atom. The highest BCUT2D eigenvalue weighted by molar-refractivity contribution is 9.10. The van der Waals surface area contributed by atoms with Crippen LogP contribution < -0.4 is 15.5 Å². The molecule has 0 spiro atoms. The Balaban J connectivity index is 1.88. The summed E-state index contributed by atoms with van der Waals surface area (Å²) in [6, 6.07) is 6.95. The second-order valence-corrected chi connectivity index (χ2v) is 8.08. The molecule has 0 unspecified atom stereocenters. The first kappa shape index (κ1) is 19.2. The number of anilines is 3. The molecular formula is C18H22BrN5O3. The van der Waals surface area contributed by atoms with Gasteiger partial charge in [-0.2, -0.15) is 5.10 Å². The summed E-state index contributed by atoms with van der Waals surface area (Å²) in [6.07, 6.45) is 0. The minimum Gasteiger partial charge on any atom is -0.456 e. The molecule has 0 saturated heterocycles. The van der Waals surface area contributed by atoms with Crippen molar-refractivity contribution in [3.05, 3.63) is 34.3 Å². The third-order valence-corrected chi connectivity index (χ3v) is 4.33. The number of esters is 1. The molecule has 0 radical (unpaired) electrons. The van der Waals surface area contributed by atoms with Crippen molar-refractivity contribution in [2.45, 2.75) is 32.9 Å². The summed E-state index contributed by atoms with van der Waals surface area (Å²) in [6.45, 7) is 6.91. The van der Waals surface area contributed by atoms with Crippen LogP contribution in [0.3, 0.4) is 0 Å². The van der Waals surface area contributed by atoms with E-state index in [0.29, 0.717) is 24.5 Å². The zero-order chi connectivity index (χ0) is 19.8. The first-order valence-electron chi connectivity index (χ1n) is 8.54. The molecule has 2 heterocycles. The van der Waals surface area contributed by atoms with Crippen LogP contribution in [0.1, 0.15) is 31.1 Å². The SMILES string of the molecule is CNC(=O)Nc1cc2n(n1)CCN2c1cc(Br)cc(C(=O)OC(C)(C)C)c1. The highest BCUT2D eigenvalue weighted by Gasteiger charge is 2.25. The van der Waals surface area contributed by atoms with E-state index >= 15 is 0 Å². The summed E-state index contributed by atoms with van der Waals surface area (Å²) < 4.78 is 8.07. The van der Waals surface area contributed by atoms with Crippen molar-refractivity contribution in [3.8, 4) is 0 Å². The van der Waals surface area contributed by atoms with Gasteiger partial charge in [0.25, 0.3) is 0 Å². The van der Waals surface area contributed by atoms with E-state index in [4.69, 9.17) is 4.74 Å². The van der Waals surface area contributed by atoms with Gasteiger partial charge in [0.1, 0.15) is 11.4 Å². The van der Waals surface area contributed by atoms with Crippen LogP contribution in [0.5, 0.6) is 0 Å². The van der Waals surface area contributed by atoms with Crippen LogP contribution in [0.2, 0.25) is 0 Å². The highest BCUT2D eigenvalue weighted by atomic mass is 79.9. The van der Waals surface area contributed by atoms with E-state index in [2.05, 4.69) is 31.7 Å². The van der Waals surface area contributed by atoms with Crippen molar-refractivity contribution in [1.29, 1.82) is 0 Å². The van der Waals surface area contributed by atoms with Gasteiger partial charge in [-0.05, 0) is 39.0 Å². The number of rotatable bonds is 3. The molecule has 3 rings (SSSR count). The van der Waals surface area contributed by atoms with Crippen LogP contribution >= 0.6 is 15.9 Å². The summed E-state index contributed by atoms with van der Waals surface area (Å²) >= 11 is 3.47. The number of urea groups is 1. The van der Waals surface area contributed by atoms with E-state index in [-0.39, 0.29) is 12.0 Å². The predicted molar refractivity (Wildman–Crippen MR) is 107 cm³/mol. The van der Waals surface area contributed by atoms with Gasteiger partial charge in [-0.15, -0.1) is 0 Å². The Bertz CT molecular complexity index is 888. The lowest BCUT2D eigenvalue weighted by molar-refractivity contribution is 0.00694. The van der Waals surface area contributed by atoms with Gasteiger partial charge < -0.3 is 15.0 Å². The molecule has 0 atom stereocenters. The first-order valence-corrected chi connectivity index (χ1v) is 9.33. The van der Waals surface area contributed by atoms with Crippen LogP contribution in [-0.2, 0) is 11.3 Å². The van der Waals surface area contributed by atoms with Crippen LogP contribution in [-0.4, -0.2) is 41.0 Å². The van der Waals surface area contributed by atoms with Gasteiger partial charge in [0.15, 0.2) is 5.82 Å². The summed E-state index contributed by atoms with van der Waals surface area (Å²) in [5, 5.41) is 9.55. The van der Waals surface area contributed by atoms with Crippen molar-refractivity contribution in [1.82, 2.24) is 15.1 Å². The summed E-state index contributed by atoms with van der Waals surface area (Å²) in [5.41, 5.74) is 0.748. The van der Waals surface area contributed by atoms with Crippen molar-refractivity contribution < 1.29 is 14.3 Å². The highest BCUT2D eigenvalue weighted by Crippen LogP contribution is 2.34. The van der Waals surface area contributed by atoms with E-state index in [9.17, 15) is 9.59 Å². The predicted octanol–water partition coefficient (Wildman–Crippen LogP) is 3.50. The number of nitrogens with zero attached hydrogens (tertiary/aromatic N) is 3. The zero-order valence-corrected chi connectivity index (χ0v) is 17.3. The molecule has 2 aromatic rings. The molecule has 1 aliphatic rings. The number of hydrogen-bond acceptors (Lipinski definition) is 5. The maximum Gasteiger partial charge on any atom is 0.338 e. The molecule has 8 nitrogen and oxygen atoms in total. The summed E-state index contributed by atoms with van der Waals surface area (Å²) in [4.78, 5) is 26.0. The average molecular weight is 436 g/mol. The Morgan fingerprint density at radius 1 is 1.19 bits per heavy atom. The molecule has 2 N–H and O–H groups in total. The molecule has 0 aliphatic carbocycles. The summed E-state index contributed by atoms with van der Waals surface area (Å²) in [5.74, 6) is 0.936. The Labute approximate surface area is 166 Å². The lowest BCUT2D eigenvalue weighted by Gasteiger charge is -2.21. The second-order valence-electron chi connectivity index (χ2n) is 7.17. The number of halogens is 1. The lowest BCUT2D eigenvalue weighted by Crippen LogP contribution is -2.25. The number of aromatic nitrogens is 2. The van der Waals surface area contributed by atoms with E-state index in [1.165, 1.54) is 0 Å². The zero-order valence-electron chi connectivity index (χ0n) is 15.7. The van der Waals surface area contributed by atoms with Crippen LogP contribution in [0.25, 0.3) is 0 Å². The van der Waals surface area contributed by atoms with Crippen LogP contribution in [0, 0.1) is 0 Å². The Kier molecular flexibility index (Phi) is 5.14.